The van der Waals surface area contributed by atoms with Crippen molar-refractivity contribution in [3.8, 4) is 0 Å². The molecule has 1 aliphatic rings. The zero-order valence-corrected chi connectivity index (χ0v) is 16.9. The van der Waals surface area contributed by atoms with Crippen molar-refractivity contribution >= 4 is 32.9 Å². The fraction of sp³-hybridized carbons (Fsp3) is 0.400. The third kappa shape index (κ3) is 4.34. The standard InChI is InChI=1S/C15H20N2O10P2/c1-9(17-13(19)10-5-2-3-6-11(10)14(17)20)12(18)16-8-4-7-15(21,28(22,23)24)29(25,26)27/h2-3,5-6,9,21H,4,7-8H2,1H3,(H,16,18)(H2,22,23,24)(H2,25,26,27)/t9-/m0/s1. The lowest BCUT2D eigenvalue weighted by atomic mass is 10.1. The molecule has 0 fully saturated rings. The number of benzene rings is 1. The van der Waals surface area contributed by atoms with E-state index in [0.29, 0.717) is 0 Å². The molecule has 0 saturated heterocycles. The Morgan fingerprint density at radius 1 is 1.07 bits per heavy atom. The van der Waals surface area contributed by atoms with E-state index in [1.165, 1.54) is 19.1 Å². The van der Waals surface area contributed by atoms with Gasteiger partial charge in [0, 0.05) is 13.0 Å². The van der Waals surface area contributed by atoms with Crippen molar-refractivity contribution < 1.29 is 48.2 Å². The molecule has 1 aromatic rings. The van der Waals surface area contributed by atoms with Gasteiger partial charge in [0.05, 0.1) is 11.1 Å². The zero-order chi connectivity index (χ0) is 22.2. The third-order valence-electron chi connectivity index (χ3n) is 4.51. The molecule has 0 bridgehead atoms. The number of carbonyl (C=O) groups is 3. The molecule has 14 heteroatoms. The molecule has 1 aliphatic heterocycles. The Balaban J connectivity index is 1.98. The summed E-state index contributed by atoms with van der Waals surface area (Å²) in [5.41, 5.74) is 0.316. The van der Waals surface area contributed by atoms with Crippen molar-refractivity contribution in [1.29, 1.82) is 0 Å². The molecule has 0 spiro atoms. The molecule has 2 rings (SSSR count). The van der Waals surface area contributed by atoms with Crippen LogP contribution in [0.2, 0.25) is 0 Å². The number of hydrogen-bond acceptors (Lipinski definition) is 6. The fourth-order valence-electron chi connectivity index (χ4n) is 2.82. The molecule has 0 radical (unpaired) electrons. The minimum Gasteiger partial charge on any atom is -0.368 e. The van der Waals surface area contributed by atoms with Crippen LogP contribution in [0.5, 0.6) is 0 Å². The van der Waals surface area contributed by atoms with Gasteiger partial charge in [0.15, 0.2) is 0 Å². The van der Waals surface area contributed by atoms with Crippen LogP contribution in [0.25, 0.3) is 0 Å². The Kier molecular flexibility index (Phi) is 6.51. The van der Waals surface area contributed by atoms with Crippen molar-refractivity contribution in [2.45, 2.75) is 30.9 Å². The van der Waals surface area contributed by atoms with Crippen LogP contribution in [0.4, 0.5) is 0 Å². The molecule has 1 aromatic carbocycles. The number of aliphatic hydroxyl groups is 1. The van der Waals surface area contributed by atoms with Crippen LogP contribution in [0.15, 0.2) is 24.3 Å². The number of nitrogens with one attached hydrogen (secondary N) is 1. The molecule has 1 atom stereocenters. The maximum atomic E-state index is 12.4. The summed E-state index contributed by atoms with van der Waals surface area (Å²) in [7, 11) is -11.2. The van der Waals surface area contributed by atoms with E-state index in [4.69, 9.17) is 19.6 Å². The van der Waals surface area contributed by atoms with Crippen LogP contribution in [-0.4, -0.2) is 65.0 Å². The number of fused-ring (bicyclic) bond motifs is 1. The maximum Gasteiger partial charge on any atom is 0.369 e. The van der Waals surface area contributed by atoms with Gasteiger partial charge in [0.25, 0.3) is 16.9 Å². The average molecular weight is 450 g/mol. The molecule has 6 N–H and O–H groups in total. The quantitative estimate of drug-likeness (QED) is 0.171. The molecular formula is C15H20N2O10P2. The SMILES string of the molecule is C[C@@H](C(=O)NCCCC(O)(P(=O)(O)O)P(=O)(O)O)N1C(=O)c2ccccc2C1=O. The van der Waals surface area contributed by atoms with Crippen LogP contribution in [0, 0.1) is 0 Å². The van der Waals surface area contributed by atoms with E-state index >= 15 is 0 Å². The average Bonchev–Trinajstić information content (AvgIpc) is 2.87. The zero-order valence-electron chi connectivity index (χ0n) is 15.1. The summed E-state index contributed by atoms with van der Waals surface area (Å²) < 4.78 is 22.5. The minimum absolute atomic E-state index is 0.158. The minimum atomic E-state index is -5.58. The van der Waals surface area contributed by atoms with Gasteiger partial charge < -0.3 is 30.0 Å². The molecule has 3 amide bonds. The van der Waals surface area contributed by atoms with Crippen LogP contribution >= 0.6 is 15.2 Å². The largest absolute Gasteiger partial charge is 0.369 e. The number of amides is 3. The second-order valence-electron chi connectivity index (χ2n) is 6.46. The number of nitrogens with zero attached hydrogens (tertiary/aromatic N) is 1. The summed E-state index contributed by atoms with van der Waals surface area (Å²) in [6, 6.07) is 4.84. The Labute approximate surface area is 164 Å². The Bertz CT molecular complexity index is 880. The Morgan fingerprint density at radius 2 is 1.52 bits per heavy atom. The van der Waals surface area contributed by atoms with E-state index in [9.17, 15) is 28.6 Å². The molecular weight excluding hydrogens is 430 g/mol. The van der Waals surface area contributed by atoms with Crippen molar-refractivity contribution in [1.82, 2.24) is 10.2 Å². The highest BCUT2D eigenvalue weighted by Gasteiger charge is 2.58. The second-order valence-corrected chi connectivity index (χ2v) is 10.5. The Hall–Kier alpha value is -1.91. The smallest absolute Gasteiger partial charge is 0.368 e. The van der Waals surface area contributed by atoms with Crippen LogP contribution in [-0.2, 0) is 13.9 Å². The van der Waals surface area contributed by atoms with E-state index in [1.807, 2.05) is 0 Å². The molecule has 1 heterocycles. The molecule has 0 unspecified atom stereocenters. The van der Waals surface area contributed by atoms with Gasteiger partial charge in [-0.05, 0) is 25.5 Å². The highest BCUT2D eigenvalue weighted by molar-refractivity contribution is 7.72. The van der Waals surface area contributed by atoms with Gasteiger partial charge >= 0.3 is 15.2 Å². The van der Waals surface area contributed by atoms with Gasteiger partial charge in [-0.2, -0.15) is 0 Å². The lowest BCUT2D eigenvalue weighted by Gasteiger charge is -2.29. The van der Waals surface area contributed by atoms with Crippen LogP contribution in [0.3, 0.4) is 0 Å². The highest BCUT2D eigenvalue weighted by Crippen LogP contribution is 2.69. The highest BCUT2D eigenvalue weighted by atomic mass is 31.2. The molecule has 0 saturated carbocycles. The van der Waals surface area contributed by atoms with Gasteiger partial charge in [-0.3, -0.25) is 28.4 Å². The van der Waals surface area contributed by atoms with Gasteiger partial charge in [0.1, 0.15) is 6.04 Å². The first-order valence-corrected chi connectivity index (χ1v) is 11.5. The van der Waals surface area contributed by atoms with Crippen molar-refractivity contribution in [2.75, 3.05) is 6.54 Å². The van der Waals surface area contributed by atoms with E-state index in [-0.39, 0.29) is 17.7 Å². The molecule has 160 valence electrons. The first-order chi connectivity index (χ1) is 13.2. The van der Waals surface area contributed by atoms with Crippen molar-refractivity contribution in [3.63, 3.8) is 0 Å². The van der Waals surface area contributed by atoms with E-state index < -0.39 is 56.9 Å². The van der Waals surface area contributed by atoms with Crippen LogP contribution in [0.1, 0.15) is 40.5 Å². The lowest BCUT2D eigenvalue weighted by molar-refractivity contribution is -0.124. The van der Waals surface area contributed by atoms with Gasteiger partial charge in [-0.1, -0.05) is 12.1 Å². The van der Waals surface area contributed by atoms with E-state index in [1.54, 1.807) is 12.1 Å². The van der Waals surface area contributed by atoms with Gasteiger partial charge in [-0.25, -0.2) is 0 Å². The summed E-state index contributed by atoms with van der Waals surface area (Å²) in [5, 5.41) is 8.49. The van der Waals surface area contributed by atoms with Crippen molar-refractivity contribution in [3.05, 3.63) is 35.4 Å². The maximum absolute atomic E-state index is 12.4. The fourth-order valence-corrected chi connectivity index (χ4v) is 5.08. The first-order valence-electron chi connectivity index (χ1n) is 8.30. The molecule has 0 aliphatic carbocycles. The van der Waals surface area contributed by atoms with Gasteiger partial charge in [0.2, 0.25) is 5.91 Å². The lowest BCUT2D eigenvalue weighted by Crippen LogP contribution is -2.48. The number of imide groups is 1. The topological polar surface area (TPSA) is 202 Å². The Morgan fingerprint density at radius 3 is 1.93 bits per heavy atom. The third-order valence-corrected chi connectivity index (χ3v) is 8.39. The number of hydrogen-bond donors (Lipinski definition) is 6. The summed E-state index contributed by atoms with van der Waals surface area (Å²) in [5.74, 6) is -2.06. The molecule has 0 aromatic heterocycles. The summed E-state index contributed by atoms with van der Waals surface area (Å²) in [6.07, 6.45) is -1.39. The number of carbonyl (C=O) groups excluding carboxylic acids is 3. The summed E-state index contributed by atoms with van der Waals surface area (Å²) in [6.45, 7) is 0.979. The molecule has 12 nitrogen and oxygen atoms in total. The normalized spacial score (nSPS) is 16.0. The monoisotopic (exact) mass is 450 g/mol. The van der Waals surface area contributed by atoms with Crippen LogP contribution < -0.4 is 5.32 Å². The predicted octanol–water partition coefficient (Wildman–Crippen LogP) is -0.431. The summed E-state index contributed by atoms with van der Waals surface area (Å²) >= 11 is 0. The van der Waals surface area contributed by atoms with E-state index in [0.717, 1.165) is 4.90 Å². The predicted molar refractivity (Wildman–Crippen MR) is 97.7 cm³/mol. The first kappa shape index (κ1) is 23.4. The van der Waals surface area contributed by atoms with Gasteiger partial charge in [-0.15, -0.1) is 0 Å². The number of rotatable bonds is 8. The second kappa shape index (κ2) is 8.08. The van der Waals surface area contributed by atoms with Crippen molar-refractivity contribution in [2.24, 2.45) is 0 Å². The molecule has 29 heavy (non-hydrogen) atoms. The van der Waals surface area contributed by atoms with E-state index in [2.05, 4.69) is 5.32 Å². The summed E-state index contributed by atoms with van der Waals surface area (Å²) in [4.78, 5) is 74.0.